The van der Waals surface area contributed by atoms with Crippen LogP contribution >= 0.6 is 0 Å². The second-order valence-electron chi connectivity index (χ2n) is 7.58. The van der Waals surface area contributed by atoms with Crippen LogP contribution in [0.25, 0.3) is 0 Å². The number of nitrogens with zero attached hydrogens (tertiary/aromatic N) is 1. The molecule has 2 N–H and O–H groups in total. The lowest BCUT2D eigenvalue weighted by Crippen LogP contribution is -2.42. The summed E-state index contributed by atoms with van der Waals surface area (Å²) in [7, 11) is 0. The van der Waals surface area contributed by atoms with Gasteiger partial charge in [-0.05, 0) is 47.9 Å². The molecule has 3 aromatic carbocycles. The maximum absolute atomic E-state index is 13.4. The number of likely N-dealkylation sites (tertiary alicyclic amines) is 1. The molecule has 5 heteroatoms. The highest BCUT2D eigenvalue weighted by Gasteiger charge is 2.59. The van der Waals surface area contributed by atoms with Gasteiger partial charge < -0.3 is 15.3 Å². The maximum atomic E-state index is 13.4. The first-order valence-corrected chi connectivity index (χ1v) is 9.67. The Hall–Kier alpha value is -3.60. The van der Waals surface area contributed by atoms with Gasteiger partial charge in [-0.3, -0.25) is 9.59 Å². The second kappa shape index (κ2) is 6.48. The molecule has 3 aromatic rings. The fourth-order valence-corrected chi connectivity index (χ4v) is 4.77. The number of rotatable bonds is 2. The van der Waals surface area contributed by atoms with Crippen LogP contribution in [0.4, 0.5) is 5.69 Å². The zero-order chi connectivity index (χ0) is 20.0. The average Bonchev–Trinajstić information content (AvgIpc) is 3.28. The highest BCUT2D eigenvalue weighted by Crippen LogP contribution is 2.54. The number of anilines is 1. The van der Waals surface area contributed by atoms with Crippen LogP contribution in [-0.4, -0.2) is 28.4 Å². The number of benzene rings is 3. The van der Waals surface area contributed by atoms with E-state index in [9.17, 15) is 14.7 Å². The van der Waals surface area contributed by atoms with Crippen LogP contribution in [0.3, 0.4) is 0 Å². The van der Waals surface area contributed by atoms with E-state index < -0.39 is 11.5 Å². The van der Waals surface area contributed by atoms with E-state index in [1.165, 1.54) is 12.1 Å². The Balaban J connectivity index is 1.66. The van der Waals surface area contributed by atoms with Crippen LogP contribution in [0.2, 0.25) is 0 Å². The predicted molar refractivity (Wildman–Crippen MR) is 110 cm³/mol. The van der Waals surface area contributed by atoms with Crippen LogP contribution in [0.15, 0.2) is 78.9 Å². The fourth-order valence-electron chi connectivity index (χ4n) is 4.77. The number of phenolic OH excluding ortho intramolecular Hbond substituents is 1. The van der Waals surface area contributed by atoms with Crippen LogP contribution in [-0.2, 0) is 10.2 Å². The highest BCUT2D eigenvalue weighted by atomic mass is 16.3. The third-order valence-corrected chi connectivity index (χ3v) is 6.08. The summed E-state index contributed by atoms with van der Waals surface area (Å²) < 4.78 is 0. The van der Waals surface area contributed by atoms with Crippen molar-refractivity contribution in [3.05, 3.63) is 95.6 Å². The van der Waals surface area contributed by atoms with Crippen molar-refractivity contribution in [2.45, 2.75) is 17.9 Å². The molecule has 0 aromatic heterocycles. The van der Waals surface area contributed by atoms with E-state index in [0.29, 0.717) is 18.5 Å². The lowest BCUT2D eigenvalue weighted by Gasteiger charge is -2.34. The van der Waals surface area contributed by atoms with Gasteiger partial charge in [0.2, 0.25) is 5.91 Å². The van der Waals surface area contributed by atoms with Crippen LogP contribution in [0.5, 0.6) is 5.75 Å². The number of amides is 2. The first-order valence-electron chi connectivity index (χ1n) is 9.67. The van der Waals surface area contributed by atoms with Gasteiger partial charge in [0.05, 0.1) is 6.04 Å². The van der Waals surface area contributed by atoms with E-state index >= 15 is 0 Å². The Morgan fingerprint density at radius 2 is 1.66 bits per heavy atom. The lowest BCUT2D eigenvalue weighted by atomic mass is 9.72. The Labute approximate surface area is 168 Å². The zero-order valence-corrected chi connectivity index (χ0v) is 15.7. The standard InChI is InChI=1S/C24H20N2O3/c27-18-12-10-17(11-13-18)22(28)26-15-14-24(21(26)16-6-2-1-3-7-16)19-8-4-5-9-20(19)25-23(24)29/h1-13,21,27H,14-15H2,(H,25,29). The van der Waals surface area contributed by atoms with E-state index in [1.807, 2.05) is 54.6 Å². The number of hydrogen-bond acceptors (Lipinski definition) is 3. The number of carbonyl (C=O) groups excluding carboxylic acids is 2. The second-order valence-corrected chi connectivity index (χ2v) is 7.58. The monoisotopic (exact) mass is 384 g/mol. The Bertz CT molecular complexity index is 1090. The molecule has 0 bridgehead atoms. The largest absolute Gasteiger partial charge is 0.508 e. The van der Waals surface area contributed by atoms with Crippen molar-refractivity contribution < 1.29 is 14.7 Å². The third-order valence-electron chi connectivity index (χ3n) is 6.08. The molecular weight excluding hydrogens is 364 g/mol. The summed E-state index contributed by atoms with van der Waals surface area (Å²) in [6.45, 7) is 0.473. The van der Waals surface area contributed by atoms with Gasteiger partial charge in [0.15, 0.2) is 0 Å². The van der Waals surface area contributed by atoms with E-state index in [-0.39, 0.29) is 17.6 Å². The third kappa shape index (κ3) is 2.54. The number of nitrogens with one attached hydrogen (secondary N) is 1. The topological polar surface area (TPSA) is 69.6 Å². The van der Waals surface area contributed by atoms with Crippen molar-refractivity contribution in [2.24, 2.45) is 0 Å². The molecule has 0 aliphatic carbocycles. The van der Waals surface area contributed by atoms with E-state index in [2.05, 4.69) is 5.32 Å². The molecule has 144 valence electrons. The molecule has 1 spiro atoms. The van der Waals surface area contributed by atoms with E-state index in [0.717, 1.165) is 16.8 Å². The van der Waals surface area contributed by atoms with Gasteiger partial charge in [0.25, 0.3) is 5.91 Å². The average molecular weight is 384 g/mol. The molecule has 0 radical (unpaired) electrons. The summed E-state index contributed by atoms with van der Waals surface area (Å²) in [5.74, 6) is -0.0929. The molecule has 2 amide bonds. The molecule has 5 rings (SSSR count). The molecular formula is C24H20N2O3. The summed E-state index contributed by atoms with van der Waals surface area (Å²) in [4.78, 5) is 28.5. The first kappa shape index (κ1) is 17.5. The summed E-state index contributed by atoms with van der Waals surface area (Å²) >= 11 is 0. The van der Waals surface area contributed by atoms with Gasteiger partial charge in [-0.25, -0.2) is 0 Å². The van der Waals surface area contributed by atoms with Gasteiger partial charge >= 0.3 is 0 Å². The molecule has 2 heterocycles. The van der Waals surface area contributed by atoms with Crippen molar-refractivity contribution in [1.82, 2.24) is 4.90 Å². The van der Waals surface area contributed by atoms with Crippen LogP contribution in [0.1, 0.15) is 33.9 Å². The minimum absolute atomic E-state index is 0.0615. The Kier molecular flexibility index (Phi) is 3.91. The molecule has 2 atom stereocenters. The lowest BCUT2D eigenvalue weighted by molar-refractivity contribution is -0.121. The summed E-state index contributed by atoms with van der Waals surface area (Å²) in [6.07, 6.45) is 0.555. The SMILES string of the molecule is O=C(c1ccc(O)cc1)N1CCC2(C(=O)Nc3ccccc32)C1c1ccccc1. The predicted octanol–water partition coefficient (Wildman–Crippen LogP) is 3.87. The summed E-state index contributed by atoms with van der Waals surface area (Å²) in [5.41, 5.74) is 2.37. The maximum Gasteiger partial charge on any atom is 0.254 e. The van der Waals surface area contributed by atoms with E-state index in [1.54, 1.807) is 17.0 Å². The molecule has 5 nitrogen and oxygen atoms in total. The summed E-state index contributed by atoms with van der Waals surface area (Å²) in [6, 6.07) is 23.3. The van der Waals surface area contributed by atoms with Gasteiger partial charge in [0.1, 0.15) is 11.2 Å². The van der Waals surface area contributed by atoms with Crippen molar-refractivity contribution in [1.29, 1.82) is 0 Å². The molecule has 29 heavy (non-hydrogen) atoms. The Morgan fingerprint density at radius 3 is 2.41 bits per heavy atom. The quantitative estimate of drug-likeness (QED) is 0.705. The number of para-hydroxylation sites is 1. The first-order chi connectivity index (χ1) is 14.1. The van der Waals surface area contributed by atoms with Gasteiger partial charge in [0, 0.05) is 17.8 Å². The van der Waals surface area contributed by atoms with Gasteiger partial charge in [-0.15, -0.1) is 0 Å². The molecule has 2 aliphatic heterocycles. The molecule has 1 fully saturated rings. The number of hydrogen-bond donors (Lipinski definition) is 2. The van der Waals surface area contributed by atoms with E-state index in [4.69, 9.17) is 0 Å². The molecule has 0 saturated carbocycles. The van der Waals surface area contributed by atoms with Crippen molar-refractivity contribution in [2.75, 3.05) is 11.9 Å². The molecule has 2 unspecified atom stereocenters. The van der Waals surface area contributed by atoms with Gasteiger partial charge in [-0.1, -0.05) is 48.5 Å². The molecule has 1 saturated heterocycles. The number of aromatic hydroxyl groups is 1. The van der Waals surface area contributed by atoms with Crippen LogP contribution in [0, 0.1) is 0 Å². The zero-order valence-electron chi connectivity index (χ0n) is 15.7. The number of phenols is 1. The summed E-state index contributed by atoms with van der Waals surface area (Å²) in [5, 5.41) is 12.6. The van der Waals surface area contributed by atoms with Crippen molar-refractivity contribution in [3.8, 4) is 5.75 Å². The van der Waals surface area contributed by atoms with Crippen LogP contribution < -0.4 is 5.32 Å². The van der Waals surface area contributed by atoms with Crippen molar-refractivity contribution >= 4 is 17.5 Å². The number of fused-ring (bicyclic) bond motifs is 2. The minimum Gasteiger partial charge on any atom is -0.508 e. The Morgan fingerprint density at radius 1 is 0.966 bits per heavy atom. The molecule has 2 aliphatic rings. The van der Waals surface area contributed by atoms with Crippen molar-refractivity contribution in [3.63, 3.8) is 0 Å². The normalized spacial score (nSPS) is 22.6. The number of carbonyl (C=O) groups is 2. The highest BCUT2D eigenvalue weighted by molar-refractivity contribution is 6.08. The smallest absolute Gasteiger partial charge is 0.254 e. The minimum atomic E-state index is -0.815. The fraction of sp³-hybridized carbons (Fsp3) is 0.167. The van der Waals surface area contributed by atoms with Gasteiger partial charge in [-0.2, -0.15) is 0 Å².